The van der Waals surface area contributed by atoms with Gasteiger partial charge in [0, 0.05) is 18.7 Å². The molecule has 1 saturated heterocycles. The quantitative estimate of drug-likeness (QED) is 0.927. The fourth-order valence-corrected chi connectivity index (χ4v) is 3.07. The molecule has 0 saturated carbocycles. The molecule has 0 amide bonds. The van der Waals surface area contributed by atoms with Crippen LogP contribution in [-0.2, 0) is 6.54 Å². The lowest BCUT2D eigenvalue weighted by molar-refractivity contribution is 0.169. The normalized spacial score (nSPS) is 20.6. The Hall–Kier alpha value is -1.33. The number of benzene rings is 1. The highest BCUT2D eigenvalue weighted by Crippen LogP contribution is 2.26. The number of halogens is 2. The van der Waals surface area contributed by atoms with Crippen LogP contribution in [0.5, 0.6) is 0 Å². The van der Waals surface area contributed by atoms with Crippen LogP contribution in [0.1, 0.15) is 19.3 Å². The van der Waals surface area contributed by atoms with Crippen LogP contribution in [0.2, 0.25) is 5.02 Å². The lowest BCUT2D eigenvalue weighted by atomic mass is 10.0. The molecule has 1 aliphatic heterocycles. The van der Waals surface area contributed by atoms with Gasteiger partial charge >= 0.3 is 0 Å². The Bertz CT molecular complexity index is 640. The summed E-state index contributed by atoms with van der Waals surface area (Å²) in [6.45, 7) is 1.83. The lowest BCUT2D eigenvalue weighted by Crippen LogP contribution is -2.39. The zero-order valence-corrected chi connectivity index (χ0v) is 12.2. The van der Waals surface area contributed by atoms with Crippen LogP contribution in [0.15, 0.2) is 12.1 Å². The maximum absolute atomic E-state index is 13.7. The number of anilines is 1. The minimum Gasteiger partial charge on any atom is -0.369 e. The first kappa shape index (κ1) is 13.6. The number of nitrogens with zero attached hydrogens (tertiary/aromatic N) is 3. The zero-order valence-electron chi connectivity index (χ0n) is 11.4. The molecule has 108 valence electrons. The third-order valence-corrected chi connectivity index (χ3v) is 4.42. The molecule has 2 aromatic rings. The average Bonchev–Trinajstić information content (AvgIpc) is 2.69. The van der Waals surface area contributed by atoms with E-state index < -0.39 is 5.82 Å². The summed E-state index contributed by atoms with van der Waals surface area (Å²) >= 11 is 5.79. The zero-order chi connectivity index (χ0) is 14.3. The molecule has 1 aromatic carbocycles. The molecule has 2 N–H and O–H groups in total. The van der Waals surface area contributed by atoms with Crippen molar-refractivity contribution in [3.8, 4) is 0 Å². The number of hydrogen-bond donors (Lipinski definition) is 1. The van der Waals surface area contributed by atoms with E-state index in [0.717, 1.165) is 19.5 Å². The third-order valence-electron chi connectivity index (χ3n) is 4.13. The molecule has 6 heteroatoms. The number of hydrogen-bond acceptors (Lipinski definition) is 3. The van der Waals surface area contributed by atoms with Crippen LogP contribution in [-0.4, -0.2) is 34.1 Å². The molecule has 1 fully saturated rings. The average molecular weight is 297 g/mol. The van der Waals surface area contributed by atoms with E-state index in [9.17, 15) is 4.39 Å². The van der Waals surface area contributed by atoms with Gasteiger partial charge in [-0.15, -0.1) is 0 Å². The maximum atomic E-state index is 13.7. The molecule has 1 unspecified atom stereocenters. The number of likely N-dealkylation sites (N-methyl/N-ethyl adjacent to an activating group) is 1. The summed E-state index contributed by atoms with van der Waals surface area (Å²) in [6, 6.07) is 3.37. The third kappa shape index (κ3) is 2.36. The van der Waals surface area contributed by atoms with Crippen LogP contribution < -0.4 is 5.73 Å². The van der Waals surface area contributed by atoms with Crippen LogP contribution in [0.25, 0.3) is 11.0 Å². The Balaban J connectivity index is 1.98. The first-order chi connectivity index (χ1) is 9.56. The number of likely N-dealkylation sites (tertiary alicyclic amines) is 1. The number of rotatable bonds is 2. The van der Waals surface area contributed by atoms with Crippen molar-refractivity contribution >= 4 is 28.6 Å². The van der Waals surface area contributed by atoms with E-state index in [0.29, 0.717) is 23.0 Å². The highest BCUT2D eigenvalue weighted by Gasteiger charge is 2.21. The van der Waals surface area contributed by atoms with Gasteiger partial charge < -0.3 is 15.2 Å². The molecule has 1 aromatic heterocycles. The minimum absolute atomic E-state index is 0.0805. The second-order valence-corrected chi connectivity index (χ2v) is 5.87. The molecule has 0 bridgehead atoms. The lowest BCUT2D eigenvalue weighted by Gasteiger charge is -2.32. The maximum Gasteiger partial charge on any atom is 0.201 e. The highest BCUT2D eigenvalue weighted by atomic mass is 35.5. The predicted octanol–water partition coefficient (Wildman–Crippen LogP) is 2.90. The smallest absolute Gasteiger partial charge is 0.201 e. The molecule has 4 nitrogen and oxygen atoms in total. The van der Waals surface area contributed by atoms with Gasteiger partial charge in [0.25, 0.3) is 0 Å². The van der Waals surface area contributed by atoms with Crippen molar-refractivity contribution in [1.29, 1.82) is 0 Å². The van der Waals surface area contributed by atoms with Gasteiger partial charge in [0.2, 0.25) is 5.95 Å². The topological polar surface area (TPSA) is 47.1 Å². The van der Waals surface area contributed by atoms with Crippen LogP contribution >= 0.6 is 11.6 Å². The van der Waals surface area contributed by atoms with Crippen LogP contribution in [0.3, 0.4) is 0 Å². The van der Waals surface area contributed by atoms with Gasteiger partial charge in [-0.1, -0.05) is 18.0 Å². The summed E-state index contributed by atoms with van der Waals surface area (Å²) in [7, 11) is 2.12. The number of aromatic nitrogens is 2. The van der Waals surface area contributed by atoms with E-state index >= 15 is 0 Å². The van der Waals surface area contributed by atoms with Crippen molar-refractivity contribution in [2.24, 2.45) is 0 Å². The molecule has 20 heavy (non-hydrogen) atoms. The predicted molar refractivity (Wildman–Crippen MR) is 79.4 cm³/mol. The number of piperidine rings is 1. The van der Waals surface area contributed by atoms with E-state index in [-0.39, 0.29) is 5.02 Å². The first-order valence-corrected chi connectivity index (χ1v) is 7.25. The Morgan fingerprint density at radius 1 is 1.45 bits per heavy atom. The van der Waals surface area contributed by atoms with E-state index in [4.69, 9.17) is 17.3 Å². The van der Waals surface area contributed by atoms with Crippen molar-refractivity contribution in [1.82, 2.24) is 14.5 Å². The molecular weight excluding hydrogens is 279 g/mol. The SMILES string of the molecule is CN1CCCCC1Cn1c(N)nc2cc(Cl)c(F)cc21. The van der Waals surface area contributed by atoms with Crippen LogP contribution in [0.4, 0.5) is 10.3 Å². The molecule has 3 rings (SSSR count). The summed E-state index contributed by atoms with van der Waals surface area (Å²) in [4.78, 5) is 6.61. The monoisotopic (exact) mass is 296 g/mol. The second-order valence-electron chi connectivity index (χ2n) is 5.47. The van der Waals surface area contributed by atoms with Gasteiger partial charge in [-0.25, -0.2) is 9.37 Å². The molecule has 0 spiro atoms. The van der Waals surface area contributed by atoms with E-state index in [2.05, 4.69) is 16.9 Å². The Kier molecular flexibility index (Phi) is 3.56. The minimum atomic E-state index is -0.433. The van der Waals surface area contributed by atoms with Crippen molar-refractivity contribution in [3.05, 3.63) is 23.0 Å². The van der Waals surface area contributed by atoms with Gasteiger partial charge in [0.1, 0.15) is 5.82 Å². The van der Waals surface area contributed by atoms with Gasteiger partial charge in [-0.3, -0.25) is 0 Å². The standard InChI is InChI=1S/C14H18ClFN4/c1-19-5-3-2-4-9(19)8-20-13-7-11(16)10(15)6-12(13)18-14(20)17/h6-7,9H,2-5,8H2,1H3,(H2,17,18). The van der Waals surface area contributed by atoms with Crippen molar-refractivity contribution in [3.63, 3.8) is 0 Å². The molecule has 0 radical (unpaired) electrons. The molecular formula is C14H18ClFN4. The van der Waals surface area contributed by atoms with Crippen molar-refractivity contribution in [2.75, 3.05) is 19.3 Å². The summed E-state index contributed by atoms with van der Waals surface area (Å²) in [6.07, 6.45) is 3.59. The molecule has 2 heterocycles. The summed E-state index contributed by atoms with van der Waals surface area (Å²) in [5, 5.41) is 0.0805. The Morgan fingerprint density at radius 2 is 2.25 bits per heavy atom. The number of nitrogen functional groups attached to an aromatic ring is 1. The number of nitrogens with two attached hydrogens (primary N) is 1. The fourth-order valence-electron chi connectivity index (χ4n) is 2.92. The Labute approximate surface area is 122 Å². The summed E-state index contributed by atoms with van der Waals surface area (Å²) in [5.41, 5.74) is 7.34. The van der Waals surface area contributed by atoms with Crippen molar-refractivity contribution in [2.45, 2.75) is 31.8 Å². The first-order valence-electron chi connectivity index (χ1n) is 6.87. The number of imidazole rings is 1. The fraction of sp³-hybridized carbons (Fsp3) is 0.500. The summed E-state index contributed by atoms with van der Waals surface area (Å²) in [5.74, 6) is -0.0158. The highest BCUT2D eigenvalue weighted by molar-refractivity contribution is 6.31. The molecule has 1 atom stereocenters. The van der Waals surface area contributed by atoms with E-state index in [1.165, 1.54) is 25.0 Å². The Morgan fingerprint density at radius 3 is 3.00 bits per heavy atom. The van der Waals surface area contributed by atoms with E-state index in [1.807, 2.05) is 4.57 Å². The number of fused-ring (bicyclic) bond motifs is 1. The largest absolute Gasteiger partial charge is 0.369 e. The van der Waals surface area contributed by atoms with Gasteiger partial charge in [0.15, 0.2) is 0 Å². The molecule has 1 aliphatic rings. The van der Waals surface area contributed by atoms with Crippen molar-refractivity contribution < 1.29 is 4.39 Å². The van der Waals surface area contributed by atoms with E-state index in [1.54, 1.807) is 0 Å². The second kappa shape index (κ2) is 5.22. The van der Waals surface area contributed by atoms with Gasteiger partial charge in [-0.05, 0) is 32.5 Å². The van der Waals surface area contributed by atoms with Gasteiger partial charge in [-0.2, -0.15) is 0 Å². The van der Waals surface area contributed by atoms with Crippen LogP contribution in [0, 0.1) is 5.82 Å². The molecule has 0 aliphatic carbocycles. The summed E-state index contributed by atoms with van der Waals surface area (Å²) < 4.78 is 15.6. The van der Waals surface area contributed by atoms with Gasteiger partial charge in [0.05, 0.1) is 16.1 Å².